The Morgan fingerprint density at radius 3 is 2.19 bits per heavy atom. The molecule has 0 aromatic heterocycles. The second-order valence-corrected chi connectivity index (χ2v) is 5.65. The van der Waals surface area contributed by atoms with Gasteiger partial charge in [0.2, 0.25) is 0 Å². The number of hydrazone groups is 1. The Morgan fingerprint density at radius 1 is 1.00 bits per heavy atom. The first-order valence-electron chi connectivity index (χ1n) is 8.70. The molecule has 2 rings (SSSR count). The fourth-order valence-corrected chi connectivity index (χ4v) is 2.44. The van der Waals surface area contributed by atoms with Gasteiger partial charge in [-0.15, -0.1) is 0 Å². The van der Waals surface area contributed by atoms with Crippen molar-refractivity contribution in [3.63, 3.8) is 0 Å². The van der Waals surface area contributed by atoms with Crippen LogP contribution in [0.4, 0.5) is 11.4 Å². The molecule has 27 heavy (non-hydrogen) atoms. The van der Waals surface area contributed by atoms with Gasteiger partial charge in [0.05, 0.1) is 13.3 Å². The molecule has 2 N–H and O–H groups in total. The number of hydrogen-bond acceptors (Lipinski definition) is 5. The van der Waals surface area contributed by atoms with Gasteiger partial charge in [-0.05, 0) is 55.8 Å². The Bertz CT molecular complexity index is 782. The lowest BCUT2D eigenvalue weighted by Gasteiger charge is -2.20. The minimum atomic E-state index is -0.846. The molecular formula is C20H24N4O3. The van der Waals surface area contributed by atoms with E-state index in [0.29, 0.717) is 11.4 Å². The highest BCUT2D eigenvalue weighted by molar-refractivity contribution is 6.39. The molecule has 2 amide bonds. The summed E-state index contributed by atoms with van der Waals surface area (Å²) in [7, 11) is 1.55. The summed E-state index contributed by atoms with van der Waals surface area (Å²) in [4.78, 5) is 25.9. The second kappa shape index (κ2) is 9.96. The van der Waals surface area contributed by atoms with Crippen molar-refractivity contribution in [2.75, 3.05) is 30.4 Å². The van der Waals surface area contributed by atoms with E-state index in [4.69, 9.17) is 4.74 Å². The SMILES string of the molecule is CCN(CC)c1ccc(/C=N\NC(=O)C(=O)Nc2ccc(OC)cc2)cc1. The fourth-order valence-electron chi connectivity index (χ4n) is 2.44. The molecule has 0 bridgehead atoms. The molecule has 0 radical (unpaired) electrons. The van der Waals surface area contributed by atoms with E-state index in [1.54, 1.807) is 31.4 Å². The quantitative estimate of drug-likeness (QED) is 0.447. The van der Waals surface area contributed by atoms with Crippen LogP contribution in [0, 0.1) is 0 Å². The molecule has 0 saturated carbocycles. The van der Waals surface area contributed by atoms with Crippen LogP contribution in [-0.4, -0.2) is 38.2 Å². The topological polar surface area (TPSA) is 83.0 Å². The summed E-state index contributed by atoms with van der Waals surface area (Å²) in [5.74, 6) is -0.981. The summed E-state index contributed by atoms with van der Waals surface area (Å²) in [5, 5.41) is 6.32. The maximum absolute atomic E-state index is 11.9. The van der Waals surface area contributed by atoms with E-state index in [-0.39, 0.29) is 0 Å². The summed E-state index contributed by atoms with van der Waals surface area (Å²) in [5.41, 5.74) is 4.66. The number of carbonyl (C=O) groups is 2. The van der Waals surface area contributed by atoms with Gasteiger partial charge in [0.1, 0.15) is 5.75 Å². The molecule has 7 heteroatoms. The molecule has 0 heterocycles. The number of methoxy groups -OCH3 is 1. The van der Waals surface area contributed by atoms with Crippen LogP contribution in [0.25, 0.3) is 0 Å². The molecule has 7 nitrogen and oxygen atoms in total. The smallest absolute Gasteiger partial charge is 0.329 e. The van der Waals surface area contributed by atoms with Crippen molar-refractivity contribution in [3.8, 4) is 5.75 Å². The van der Waals surface area contributed by atoms with Crippen molar-refractivity contribution in [2.45, 2.75) is 13.8 Å². The van der Waals surface area contributed by atoms with Crippen LogP contribution in [0.1, 0.15) is 19.4 Å². The summed E-state index contributed by atoms with van der Waals surface area (Å²) in [6.07, 6.45) is 1.49. The number of hydrogen-bond donors (Lipinski definition) is 2. The Hall–Kier alpha value is -3.35. The first-order valence-corrected chi connectivity index (χ1v) is 8.70. The molecule has 142 valence electrons. The zero-order valence-corrected chi connectivity index (χ0v) is 15.7. The number of nitrogens with zero attached hydrogens (tertiary/aromatic N) is 2. The standard InChI is InChI=1S/C20H24N4O3/c1-4-24(5-2)17-10-6-15(7-11-17)14-21-23-20(26)19(25)22-16-8-12-18(27-3)13-9-16/h6-14H,4-5H2,1-3H3,(H,22,25)(H,23,26)/b21-14-. The summed E-state index contributed by atoms with van der Waals surface area (Å²) >= 11 is 0. The predicted molar refractivity (Wildman–Crippen MR) is 107 cm³/mol. The maximum atomic E-state index is 11.9. The van der Waals surface area contributed by atoms with E-state index >= 15 is 0 Å². The molecule has 0 aliphatic carbocycles. The first-order chi connectivity index (χ1) is 13.1. The fraction of sp³-hybridized carbons (Fsp3) is 0.250. The number of amides is 2. The van der Waals surface area contributed by atoms with Crippen molar-refractivity contribution in [1.82, 2.24) is 5.43 Å². The predicted octanol–water partition coefficient (Wildman–Crippen LogP) is 2.63. The largest absolute Gasteiger partial charge is 0.497 e. The summed E-state index contributed by atoms with van der Waals surface area (Å²) < 4.78 is 5.04. The van der Waals surface area contributed by atoms with Gasteiger partial charge >= 0.3 is 11.8 Å². The molecule has 0 aliphatic heterocycles. The summed E-state index contributed by atoms with van der Waals surface area (Å²) in [6.45, 7) is 6.07. The van der Waals surface area contributed by atoms with Gasteiger partial charge in [-0.2, -0.15) is 5.10 Å². The van der Waals surface area contributed by atoms with Crippen LogP contribution < -0.4 is 20.4 Å². The van der Waals surface area contributed by atoms with E-state index in [0.717, 1.165) is 24.3 Å². The van der Waals surface area contributed by atoms with Gasteiger partial charge in [-0.25, -0.2) is 5.43 Å². The van der Waals surface area contributed by atoms with Gasteiger partial charge in [-0.3, -0.25) is 9.59 Å². The highest BCUT2D eigenvalue weighted by atomic mass is 16.5. The van der Waals surface area contributed by atoms with Crippen molar-refractivity contribution >= 4 is 29.4 Å². The minimum absolute atomic E-state index is 0.493. The number of nitrogens with one attached hydrogen (secondary N) is 2. The average Bonchev–Trinajstić information content (AvgIpc) is 2.70. The lowest BCUT2D eigenvalue weighted by atomic mass is 10.2. The first kappa shape index (κ1) is 20.0. The van der Waals surface area contributed by atoms with E-state index in [2.05, 4.69) is 34.6 Å². The van der Waals surface area contributed by atoms with Crippen molar-refractivity contribution < 1.29 is 14.3 Å². The van der Waals surface area contributed by atoms with Crippen LogP contribution in [0.2, 0.25) is 0 Å². The normalized spacial score (nSPS) is 10.5. The zero-order valence-electron chi connectivity index (χ0n) is 15.7. The van der Waals surface area contributed by atoms with Crippen molar-refractivity contribution in [3.05, 3.63) is 54.1 Å². The lowest BCUT2D eigenvalue weighted by molar-refractivity contribution is -0.136. The summed E-state index contributed by atoms with van der Waals surface area (Å²) in [6, 6.07) is 14.5. The van der Waals surface area contributed by atoms with Crippen LogP contribution in [0.15, 0.2) is 53.6 Å². The molecule has 2 aromatic rings. The highest BCUT2D eigenvalue weighted by Gasteiger charge is 2.12. The number of rotatable bonds is 7. The third kappa shape index (κ3) is 5.85. The molecule has 0 aliphatic rings. The van der Waals surface area contributed by atoms with Crippen LogP contribution in [0.5, 0.6) is 5.75 Å². The minimum Gasteiger partial charge on any atom is -0.497 e. The van der Waals surface area contributed by atoms with Gasteiger partial charge in [0.25, 0.3) is 0 Å². The van der Waals surface area contributed by atoms with E-state index in [1.165, 1.54) is 6.21 Å². The van der Waals surface area contributed by atoms with Gasteiger partial charge in [0, 0.05) is 24.5 Å². The molecule has 0 fully saturated rings. The van der Waals surface area contributed by atoms with Crippen LogP contribution in [0.3, 0.4) is 0 Å². The Labute approximate surface area is 159 Å². The lowest BCUT2D eigenvalue weighted by Crippen LogP contribution is -2.32. The third-order valence-corrected chi connectivity index (χ3v) is 3.96. The zero-order chi connectivity index (χ0) is 19.6. The number of anilines is 2. The highest BCUT2D eigenvalue weighted by Crippen LogP contribution is 2.15. The van der Waals surface area contributed by atoms with Gasteiger partial charge in [-0.1, -0.05) is 12.1 Å². The molecular weight excluding hydrogens is 344 g/mol. The van der Waals surface area contributed by atoms with Crippen molar-refractivity contribution in [2.24, 2.45) is 5.10 Å². The van der Waals surface area contributed by atoms with E-state index in [9.17, 15) is 9.59 Å². The maximum Gasteiger partial charge on any atom is 0.329 e. The molecule has 0 saturated heterocycles. The van der Waals surface area contributed by atoms with Crippen molar-refractivity contribution in [1.29, 1.82) is 0 Å². The molecule has 0 spiro atoms. The Kier molecular flexibility index (Phi) is 7.37. The molecule has 0 atom stereocenters. The van der Waals surface area contributed by atoms with E-state index < -0.39 is 11.8 Å². The molecule has 0 unspecified atom stereocenters. The van der Waals surface area contributed by atoms with Gasteiger partial charge in [0.15, 0.2) is 0 Å². The molecule has 2 aromatic carbocycles. The number of carbonyl (C=O) groups excluding carboxylic acids is 2. The third-order valence-electron chi connectivity index (χ3n) is 3.96. The van der Waals surface area contributed by atoms with Crippen LogP contribution in [-0.2, 0) is 9.59 Å². The van der Waals surface area contributed by atoms with E-state index in [1.807, 2.05) is 24.3 Å². The van der Waals surface area contributed by atoms with Gasteiger partial charge < -0.3 is 15.0 Å². The Balaban J connectivity index is 1.87. The monoisotopic (exact) mass is 368 g/mol. The Morgan fingerprint density at radius 2 is 1.63 bits per heavy atom. The second-order valence-electron chi connectivity index (χ2n) is 5.65. The number of benzene rings is 2. The van der Waals surface area contributed by atoms with Crippen LogP contribution >= 0.6 is 0 Å². The average molecular weight is 368 g/mol. The number of ether oxygens (including phenoxy) is 1.